The minimum absolute atomic E-state index is 1.09. The van der Waals surface area contributed by atoms with Crippen molar-refractivity contribution in [3.8, 4) is 0 Å². The van der Waals surface area contributed by atoms with Crippen LogP contribution in [-0.2, 0) is 0 Å². The summed E-state index contributed by atoms with van der Waals surface area (Å²) in [6.07, 6.45) is 9.96. The molecule has 0 saturated heterocycles. The predicted octanol–water partition coefficient (Wildman–Crippen LogP) is 5.93. The van der Waals surface area contributed by atoms with Crippen molar-refractivity contribution >= 4 is 29.8 Å². The van der Waals surface area contributed by atoms with Crippen molar-refractivity contribution in [3.05, 3.63) is 24.2 Å². The average Bonchev–Trinajstić information content (AvgIpc) is 2.91. The quantitative estimate of drug-likeness (QED) is 0.444. The molecule has 2 heterocycles. The number of imidazole rings is 1. The van der Waals surface area contributed by atoms with Gasteiger partial charge in [0.1, 0.15) is 0 Å². The van der Waals surface area contributed by atoms with Crippen LogP contribution in [-0.4, -0.2) is 31.4 Å². The van der Waals surface area contributed by atoms with E-state index in [9.17, 15) is 0 Å². The number of rotatable bonds is 10. The molecule has 3 nitrogen and oxygen atoms in total. The number of nitrogens with zero attached hydrogens (tertiary/aromatic N) is 3. The van der Waals surface area contributed by atoms with E-state index in [0.29, 0.717) is 0 Å². The molecular formula is C19H33N3Sn. The molecule has 0 N–H and O–H groups in total. The number of unbranched alkanes of at least 4 members (excludes halogenated alkanes) is 3. The van der Waals surface area contributed by atoms with Gasteiger partial charge in [-0.15, -0.1) is 0 Å². The first kappa shape index (κ1) is 18.8. The van der Waals surface area contributed by atoms with Crippen LogP contribution in [0, 0.1) is 6.92 Å². The SMILES string of the molecule is CCC[CH2][Sn]([CH2]CCC)([CH2]CCC)[n]1c(C)nc2cccnc21. The van der Waals surface area contributed by atoms with Gasteiger partial charge in [-0.2, -0.15) is 0 Å². The van der Waals surface area contributed by atoms with Gasteiger partial charge in [-0.3, -0.25) is 0 Å². The summed E-state index contributed by atoms with van der Waals surface area (Å²) in [4.78, 5) is 9.60. The predicted molar refractivity (Wildman–Crippen MR) is 103 cm³/mol. The van der Waals surface area contributed by atoms with E-state index in [1.54, 1.807) is 0 Å². The van der Waals surface area contributed by atoms with E-state index in [4.69, 9.17) is 9.97 Å². The van der Waals surface area contributed by atoms with Crippen molar-refractivity contribution in [1.82, 2.24) is 12.8 Å². The zero-order chi connectivity index (χ0) is 16.7. The Balaban J connectivity index is 2.53. The van der Waals surface area contributed by atoms with E-state index in [1.165, 1.54) is 63.3 Å². The molecular weight excluding hydrogens is 389 g/mol. The summed E-state index contributed by atoms with van der Waals surface area (Å²) in [5.41, 5.74) is 2.26. The van der Waals surface area contributed by atoms with Crippen molar-refractivity contribution in [2.45, 2.75) is 79.5 Å². The molecule has 0 fully saturated rings. The molecule has 23 heavy (non-hydrogen) atoms. The fourth-order valence-electron chi connectivity index (χ4n) is 3.82. The van der Waals surface area contributed by atoms with Gasteiger partial charge >= 0.3 is 146 Å². The summed E-state index contributed by atoms with van der Waals surface area (Å²) < 4.78 is 7.06. The van der Waals surface area contributed by atoms with Gasteiger partial charge in [0.25, 0.3) is 0 Å². The molecule has 2 rings (SSSR count). The average molecular weight is 422 g/mol. The van der Waals surface area contributed by atoms with Crippen molar-refractivity contribution in [2.75, 3.05) is 0 Å². The Hall–Kier alpha value is -0.581. The Morgan fingerprint density at radius 3 is 2.04 bits per heavy atom. The Bertz CT molecular complexity index is 584. The number of fused-ring (bicyclic) bond motifs is 1. The van der Waals surface area contributed by atoms with Crippen LogP contribution in [0.4, 0.5) is 0 Å². The maximum absolute atomic E-state index is 4.86. The Kier molecular flexibility index (Phi) is 7.38. The van der Waals surface area contributed by atoms with Gasteiger partial charge in [0.15, 0.2) is 0 Å². The van der Waals surface area contributed by atoms with Crippen LogP contribution in [0.1, 0.15) is 65.1 Å². The molecule has 0 aliphatic carbocycles. The summed E-state index contributed by atoms with van der Waals surface area (Å²) in [5, 5.41) is 0. The summed E-state index contributed by atoms with van der Waals surface area (Å²) in [6.45, 7) is 9.19. The van der Waals surface area contributed by atoms with E-state index >= 15 is 0 Å². The first-order valence-corrected chi connectivity index (χ1v) is 16.8. The third kappa shape index (κ3) is 4.28. The van der Waals surface area contributed by atoms with Crippen LogP contribution < -0.4 is 0 Å². The van der Waals surface area contributed by atoms with Crippen LogP contribution in [0.2, 0.25) is 13.3 Å². The van der Waals surface area contributed by atoms with Crippen LogP contribution in [0.5, 0.6) is 0 Å². The third-order valence-corrected chi connectivity index (χ3v) is 20.3. The molecule has 0 aliphatic heterocycles. The van der Waals surface area contributed by atoms with Crippen LogP contribution >= 0.6 is 0 Å². The van der Waals surface area contributed by atoms with Gasteiger partial charge < -0.3 is 0 Å². The molecule has 0 unspecified atom stereocenters. The molecule has 0 atom stereocenters. The van der Waals surface area contributed by atoms with Crippen molar-refractivity contribution in [2.24, 2.45) is 0 Å². The molecule has 2 aromatic heterocycles. The fraction of sp³-hybridized carbons (Fsp3) is 0.684. The number of pyridine rings is 1. The summed E-state index contributed by atoms with van der Waals surface area (Å²) in [5.74, 6) is 1.22. The topological polar surface area (TPSA) is 30.7 Å². The standard InChI is InChI=1S/C7H6N3.3C4H9.Sn/c1-5-9-6-3-2-4-8-7(6)10-5;3*1-3-4-2;/h2-4H,1H3;3*1,3-4H2,2H3;/q-1;;;;+1. The van der Waals surface area contributed by atoms with Gasteiger partial charge in [-0.1, -0.05) is 0 Å². The van der Waals surface area contributed by atoms with E-state index in [2.05, 4.69) is 36.6 Å². The number of aromatic nitrogens is 3. The second kappa shape index (κ2) is 9.05. The Morgan fingerprint density at radius 1 is 0.957 bits per heavy atom. The van der Waals surface area contributed by atoms with Crippen molar-refractivity contribution in [1.29, 1.82) is 0 Å². The van der Waals surface area contributed by atoms with E-state index < -0.39 is 18.7 Å². The van der Waals surface area contributed by atoms with Gasteiger partial charge in [-0.25, -0.2) is 0 Å². The van der Waals surface area contributed by atoms with Crippen molar-refractivity contribution < 1.29 is 0 Å². The molecule has 4 heteroatoms. The molecule has 128 valence electrons. The molecule has 0 aliphatic rings. The van der Waals surface area contributed by atoms with E-state index in [1.807, 2.05) is 12.3 Å². The molecule has 0 aromatic carbocycles. The fourth-order valence-corrected chi connectivity index (χ4v) is 20.4. The van der Waals surface area contributed by atoms with Crippen LogP contribution in [0.15, 0.2) is 18.3 Å². The normalized spacial score (nSPS) is 12.2. The molecule has 0 radical (unpaired) electrons. The number of aryl methyl sites for hydroxylation is 1. The van der Waals surface area contributed by atoms with Crippen molar-refractivity contribution in [3.63, 3.8) is 0 Å². The van der Waals surface area contributed by atoms with Crippen LogP contribution in [0.3, 0.4) is 0 Å². The Labute approximate surface area is 146 Å². The summed E-state index contributed by atoms with van der Waals surface area (Å²) in [7, 11) is 0. The zero-order valence-corrected chi connectivity index (χ0v) is 18.3. The molecule has 2 aromatic rings. The molecule has 0 spiro atoms. The minimum atomic E-state index is -2.52. The van der Waals surface area contributed by atoms with Gasteiger partial charge in [0.2, 0.25) is 0 Å². The van der Waals surface area contributed by atoms with Crippen LogP contribution in [0.25, 0.3) is 11.2 Å². The molecule has 0 saturated carbocycles. The summed E-state index contributed by atoms with van der Waals surface area (Å²) >= 11 is -2.52. The zero-order valence-electron chi connectivity index (χ0n) is 15.4. The summed E-state index contributed by atoms with van der Waals surface area (Å²) in [6, 6.07) is 4.14. The van der Waals surface area contributed by atoms with E-state index in [-0.39, 0.29) is 0 Å². The maximum atomic E-state index is 4.86. The van der Waals surface area contributed by atoms with Gasteiger partial charge in [-0.05, 0) is 0 Å². The van der Waals surface area contributed by atoms with Gasteiger partial charge in [0, 0.05) is 0 Å². The third-order valence-electron chi connectivity index (χ3n) is 5.05. The second-order valence-corrected chi connectivity index (χ2v) is 19.4. The molecule has 0 bridgehead atoms. The van der Waals surface area contributed by atoms with Gasteiger partial charge in [0.05, 0.1) is 0 Å². The monoisotopic (exact) mass is 423 g/mol. The second-order valence-electron chi connectivity index (χ2n) is 6.88. The number of hydrogen-bond donors (Lipinski definition) is 0. The Morgan fingerprint density at radius 2 is 1.52 bits per heavy atom. The molecule has 0 amide bonds. The first-order chi connectivity index (χ1) is 11.2. The van der Waals surface area contributed by atoms with E-state index in [0.717, 1.165) is 5.52 Å². The number of hydrogen-bond acceptors (Lipinski definition) is 2. The first-order valence-electron chi connectivity index (χ1n) is 9.49.